The van der Waals surface area contributed by atoms with E-state index in [1.807, 2.05) is 13.8 Å². The Labute approximate surface area is 88.9 Å². The van der Waals surface area contributed by atoms with E-state index in [4.69, 9.17) is 0 Å². The zero-order chi connectivity index (χ0) is 12.3. The third-order valence-electron chi connectivity index (χ3n) is 2.59. The number of aliphatic hydroxyl groups is 1. The molecule has 0 aromatic rings. The van der Waals surface area contributed by atoms with Gasteiger partial charge in [-0.05, 0) is 19.8 Å². The van der Waals surface area contributed by atoms with Gasteiger partial charge in [-0.3, -0.25) is 0 Å². The largest absolute Gasteiger partial charge is 0.390 e. The average Bonchev–Trinajstić information content (AvgIpc) is 1.97. The molecule has 2 N–H and O–H groups in total. The first-order valence-corrected chi connectivity index (χ1v) is 5.07. The molecule has 0 aliphatic carbocycles. The van der Waals surface area contributed by atoms with Gasteiger partial charge in [0.1, 0.15) is 0 Å². The predicted octanol–water partition coefficient (Wildman–Crippen LogP) is 2.32. The van der Waals surface area contributed by atoms with E-state index in [2.05, 4.69) is 5.32 Å². The smallest absolute Gasteiger partial charge is 0.389 e. The van der Waals surface area contributed by atoms with E-state index < -0.39 is 24.2 Å². The van der Waals surface area contributed by atoms with Crippen LogP contribution in [0.1, 0.15) is 34.1 Å². The van der Waals surface area contributed by atoms with Crippen molar-refractivity contribution in [3.63, 3.8) is 0 Å². The Morgan fingerprint density at radius 3 is 2.00 bits per heavy atom. The first-order chi connectivity index (χ1) is 6.54. The van der Waals surface area contributed by atoms with Gasteiger partial charge in [-0.1, -0.05) is 13.8 Å². The minimum Gasteiger partial charge on any atom is -0.389 e. The van der Waals surface area contributed by atoms with Crippen LogP contribution in [-0.4, -0.2) is 29.5 Å². The van der Waals surface area contributed by atoms with Crippen molar-refractivity contribution in [3.05, 3.63) is 0 Å². The second-order valence-corrected chi connectivity index (χ2v) is 4.61. The number of nitrogens with one attached hydrogen (secondary N) is 1. The lowest BCUT2D eigenvalue weighted by molar-refractivity contribution is -0.139. The molecule has 2 unspecified atom stereocenters. The van der Waals surface area contributed by atoms with Crippen molar-refractivity contribution >= 4 is 0 Å². The fourth-order valence-electron chi connectivity index (χ4n) is 1.00. The van der Waals surface area contributed by atoms with Crippen molar-refractivity contribution < 1.29 is 18.3 Å². The summed E-state index contributed by atoms with van der Waals surface area (Å²) < 4.78 is 35.9. The molecule has 0 saturated heterocycles. The number of halogens is 3. The van der Waals surface area contributed by atoms with Crippen LogP contribution in [0.25, 0.3) is 0 Å². The molecule has 0 spiro atoms. The molecule has 0 radical (unpaired) electrons. The van der Waals surface area contributed by atoms with Gasteiger partial charge in [-0.2, -0.15) is 13.2 Å². The van der Waals surface area contributed by atoms with Gasteiger partial charge in [0, 0.05) is 12.6 Å². The SMILES string of the molecule is CC(CC(F)(F)F)NCC(C)(O)C(C)C. The summed E-state index contributed by atoms with van der Waals surface area (Å²) in [7, 11) is 0. The molecule has 0 aliphatic rings. The van der Waals surface area contributed by atoms with Crippen LogP contribution in [0.3, 0.4) is 0 Å². The molecule has 2 atom stereocenters. The van der Waals surface area contributed by atoms with Crippen LogP contribution in [0.15, 0.2) is 0 Å². The number of alkyl halides is 3. The summed E-state index contributed by atoms with van der Waals surface area (Å²) in [5, 5.41) is 12.5. The summed E-state index contributed by atoms with van der Waals surface area (Å²) in [4.78, 5) is 0. The van der Waals surface area contributed by atoms with Gasteiger partial charge in [0.25, 0.3) is 0 Å². The highest BCUT2D eigenvalue weighted by molar-refractivity contribution is 4.80. The second kappa shape index (κ2) is 5.16. The van der Waals surface area contributed by atoms with Crippen LogP contribution in [-0.2, 0) is 0 Å². The summed E-state index contributed by atoms with van der Waals surface area (Å²) in [5.74, 6) is 0.00286. The third kappa shape index (κ3) is 6.73. The van der Waals surface area contributed by atoms with Gasteiger partial charge in [0.15, 0.2) is 0 Å². The second-order valence-electron chi connectivity index (χ2n) is 4.61. The Morgan fingerprint density at radius 2 is 1.67 bits per heavy atom. The maximum absolute atomic E-state index is 12.0. The monoisotopic (exact) mass is 227 g/mol. The van der Waals surface area contributed by atoms with E-state index in [0.717, 1.165) is 0 Å². The lowest BCUT2D eigenvalue weighted by atomic mass is 9.92. The molecule has 5 heteroatoms. The molecule has 0 aromatic carbocycles. The summed E-state index contributed by atoms with van der Waals surface area (Å²) in [6.07, 6.45) is -5.03. The highest BCUT2D eigenvalue weighted by Gasteiger charge is 2.31. The molecule has 0 heterocycles. The topological polar surface area (TPSA) is 32.3 Å². The van der Waals surface area contributed by atoms with Gasteiger partial charge in [-0.25, -0.2) is 0 Å². The lowest BCUT2D eigenvalue weighted by Gasteiger charge is -2.29. The molecule has 0 rings (SSSR count). The van der Waals surface area contributed by atoms with Crippen LogP contribution in [0, 0.1) is 5.92 Å². The Balaban J connectivity index is 3.96. The Bertz CT molecular complexity index is 190. The van der Waals surface area contributed by atoms with Crippen molar-refractivity contribution in [3.8, 4) is 0 Å². The molecule has 15 heavy (non-hydrogen) atoms. The van der Waals surface area contributed by atoms with Crippen molar-refractivity contribution in [2.45, 2.75) is 51.9 Å². The average molecular weight is 227 g/mol. The Morgan fingerprint density at radius 1 is 1.20 bits per heavy atom. The fraction of sp³-hybridized carbons (Fsp3) is 1.00. The lowest BCUT2D eigenvalue weighted by Crippen LogP contribution is -2.45. The van der Waals surface area contributed by atoms with E-state index in [-0.39, 0.29) is 12.5 Å². The summed E-state index contributed by atoms with van der Waals surface area (Å²) in [6, 6.07) is -0.671. The van der Waals surface area contributed by atoms with E-state index >= 15 is 0 Å². The van der Waals surface area contributed by atoms with Crippen LogP contribution in [0.4, 0.5) is 13.2 Å². The summed E-state index contributed by atoms with van der Waals surface area (Å²) >= 11 is 0. The van der Waals surface area contributed by atoms with Gasteiger partial charge >= 0.3 is 6.18 Å². The molecular formula is C10H20F3NO. The Hall–Kier alpha value is -0.290. The standard InChI is InChI=1S/C10H20F3NO/c1-7(2)9(4,15)6-14-8(3)5-10(11,12)13/h7-8,14-15H,5-6H2,1-4H3. The zero-order valence-electron chi connectivity index (χ0n) is 9.65. The van der Waals surface area contributed by atoms with E-state index in [0.29, 0.717) is 0 Å². The fourth-order valence-corrected chi connectivity index (χ4v) is 1.00. The van der Waals surface area contributed by atoms with E-state index in [1.54, 1.807) is 6.92 Å². The molecular weight excluding hydrogens is 207 g/mol. The van der Waals surface area contributed by atoms with Crippen LogP contribution in [0.5, 0.6) is 0 Å². The van der Waals surface area contributed by atoms with Crippen molar-refractivity contribution in [1.29, 1.82) is 0 Å². The minimum absolute atomic E-state index is 0.00286. The number of hydrogen-bond donors (Lipinski definition) is 2. The minimum atomic E-state index is -4.16. The number of rotatable bonds is 5. The number of hydrogen-bond acceptors (Lipinski definition) is 2. The van der Waals surface area contributed by atoms with Crippen molar-refractivity contribution in [2.75, 3.05) is 6.54 Å². The quantitative estimate of drug-likeness (QED) is 0.755. The van der Waals surface area contributed by atoms with Gasteiger partial charge in [0.05, 0.1) is 12.0 Å². The summed E-state index contributed by atoms with van der Waals surface area (Å²) in [5.41, 5.74) is -0.972. The van der Waals surface area contributed by atoms with Crippen molar-refractivity contribution in [2.24, 2.45) is 5.92 Å². The maximum atomic E-state index is 12.0. The van der Waals surface area contributed by atoms with Gasteiger partial charge in [0.2, 0.25) is 0 Å². The van der Waals surface area contributed by atoms with Crippen LogP contribution >= 0.6 is 0 Å². The van der Waals surface area contributed by atoms with E-state index in [1.165, 1.54) is 6.92 Å². The summed E-state index contributed by atoms with van der Waals surface area (Å²) in [6.45, 7) is 6.91. The molecule has 0 aromatic heterocycles. The van der Waals surface area contributed by atoms with Gasteiger partial charge in [-0.15, -0.1) is 0 Å². The molecule has 92 valence electrons. The first kappa shape index (κ1) is 14.7. The first-order valence-electron chi connectivity index (χ1n) is 5.07. The molecule has 0 amide bonds. The molecule has 0 fully saturated rings. The molecule has 0 bridgehead atoms. The maximum Gasteiger partial charge on any atom is 0.390 e. The van der Waals surface area contributed by atoms with Crippen molar-refractivity contribution in [1.82, 2.24) is 5.32 Å². The highest BCUT2D eigenvalue weighted by atomic mass is 19.4. The third-order valence-corrected chi connectivity index (χ3v) is 2.59. The van der Waals surface area contributed by atoms with Gasteiger partial charge < -0.3 is 10.4 Å². The van der Waals surface area contributed by atoms with Crippen LogP contribution < -0.4 is 5.32 Å². The zero-order valence-corrected chi connectivity index (χ0v) is 9.65. The molecule has 0 aliphatic heterocycles. The van der Waals surface area contributed by atoms with E-state index in [9.17, 15) is 18.3 Å². The van der Waals surface area contributed by atoms with Crippen LogP contribution in [0.2, 0.25) is 0 Å². The molecule has 0 saturated carbocycles. The normalized spacial score (nSPS) is 19.0. The predicted molar refractivity (Wildman–Crippen MR) is 53.6 cm³/mol. The molecule has 2 nitrogen and oxygen atoms in total. The Kier molecular flexibility index (Phi) is 5.06. The highest BCUT2D eigenvalue weighted by Crippen LogP contribution is 2.22.